The lowest BCUT2D eigenvalue weighted by atomic mass is 9.79. The third kappa shape index (κ3) is 2.36. The summed E-state index contributed by atoms with van der Waals surface area (Å²) in [6, 6.07) is 5.65. The molecule has 0 saturated carbocycles. The number of carboxylic acid groups (broad SMARTS) is 1. The van der Waals surface area contributed by atoms with E-state index in [9.17, 15) is 14.3 Å². The Balaban J connectivity index is 2.58. The highest BCUT2D eigenvalue weighted by molar-refractivity contribution is 6.29. The number of hydrogen-bond acceptors (Lipinski definition) is 3. The number of benzene rings is 1. The zero-order valence-electron chi connectivity index (χ0n) is 10.2. The van der Waals surface area contributed by atoms with Crippen LogP contribution in [0.1, 0.15) is 18.9 Å². The van der Waals surface area contributed by atoms with Gasteiger partial charge < -0.3 is 15.2 Å². The quantitative estimate of drug-likeness (QED) is 0.859. The molecule has 1 heterocycles. The van der Waals surface area contributed by atoms with Crippen molar-refractivity contribution in [1.82, 2.24) is 5.32 Å². The van der Waals surface area contributed by atoms with Crippen LogP contribution in [0.4, 0.5) is 4.39 Å². The van der Waals surface area contributed by atoms with Crippen molar-refractivity contribution in [2.24, 2.45) is 0 Å². The fourth-order valence-electron chi connectivity index (χ4n) is 2.30. The second-order valence-electron chi connectivity index (χ2n) is 4.27. The molecular formula is C14H12ClFNO2-. The first-order chi connectivity index (χ1) is 8.99. The minimum Gasteiger partial charge on any atom is -0.545 e. The van der Waals surface area contributed by atoms with Crippen molar-refractivity contribution in [3.63, 3.8) is 0 Å². The minimum absolute atomic E-state index is 0.0750. The molecule has 0 spiro atoms. The Morgan fingerprint density at radius 1 is 1.37 bits per heavy atom. The summed E-state index contributed by atoms with van der Waals surface area (Å²) in [7, 11) is 0. The molecule has 1 aliphatic heterocycles. The highest BCUT2D eigenvalue weighted by atomic mass is 35.5. The number of carbonyl (C=O) groups excluding carboxylic acids is 1. The molecule has 1 unspecified atom stereocenters. The van der Waals surface area contributed by atoms with Gasteiger partial charge in [-0.3, -0.25) is 0 Å². The Morgan fingerprint density at radius 3 is 2.53 bits per heavy atom. The van der Waals surface area contributed by atoms with Crippen LogP contribution in [0.2, 0.25) is 0 Å². The van der Waals surface area contributed by atoms with Crippen molar-refractivity contribution in [2.45, 2.75) is 18.9 Å². The predicted octanol–water partition coefficient (Wildman–Crippen LogP) is 1.79. The molecule has 1 aliphatic rings. The van der Waals surface area contributed by atoms with Crippen molar-refractivity contribution in [2.75, 3.05) is 0 Å². The smallest absolute Gasteiger partial charge is 0.123 e. The van der Waals surface area contributed by atoms with E-state index in [0.29, 0.717) is 17.1 Å². The van der Waals surface area contributed by atoms with Crippen molar-refractivity contribution in [3.05, 3.63) is 58.5 Å². The number of halogens is 2. The van der Waals surface area contributed by atoms with Gasteiger partial charge in [0.25, 0.3) is 0 Å². The van der Waals surface area contributed by atoms with E-state index in [-0.39, 0.29) is 11.4 Å². The number of dihydropyridines is 1. The number of nitrogens with one attached hydrogen (secondary N) is 1. The van der Waals surface area contributed by atoms with E-state index in [0.717, 1.165) is 0 Å². The van der Waals surface area contributed by atoms with E-state index in [1.165, 1.54) is 36.4 Å². The lowest BCUT2D eigenvalue weighted by Crippen LogP contribution is -2.49. The number of aliphatic carboxylic acids is 1. The lowest BCUT2D eigenvalue weighted by Gasteiger charge is -2.39. The highest BCUT2D eigenvalue weighted by Crippen LogP contribution is 2.36. The van der Waals surface area contributed by atoms with Crippen molar-refractivity contribution < 1.29 is 14.3 Å². The second-order valence-corrected chi connectivity index (χ2v) is 4.68. The Morgan fingerprint density at radius 2 is 2.00 bits per heavy atom. The van der Waals surface area contributed by atoms with Crippen LogP contribution in [0.3, 0.4) is 0 Å². The lowest BCUT2D eigenvalue weighted by molar-refractivity contribution is -0.300. The van der Waals surface area contributed by atoms with Gasteiger partial charge in [-0.15, -0.1) is 0 Å². The van der Waals surface area contributed by atoms with Crippen LogP contribution in [0.25, 0.3) is 0 Å². The summed E-state index contributed by atoms with van der Waals surface area (Å²) in [5, 5.41) is 14.6. The number of hydrogen-bond donors (Lipinski definition) is 1. The Kier molecular flexibility index (Phi) is 3.62. The summed E-state index contributed by atoms with van der Waals surface area (Å²) in [5.41, 5.74) is -0.303. The SMILES string of the molecule is CCC1(c2ccc(F)cc2)NC(Cl)=CC=C1C(=O)[O-]. The van der Waals surface area contributed by atoms with Crippen LogP contribution in [-0.2, 0) is 10.3 Å². The third-order valence-corrected chi connectivity index (χ3v) is 3.50. The molecule has 0 aliphatic carbocycles. The van der Waals surface area contributed by atoms with Crippen LogP contribution in [-0.4, -0.2) is 5.97 Å². The molecule has 0 aromatic heterocycles. The first-order valence-electron chi connectivity index (χ1n) is 5.83. The van der Waals surface area contributed by atoms with Crippen molar-refractivity contribution in [1.29, 1.82) is 0 Å². The van der Waals surface area contributed by atoms with E-state index in [1.54, 1.807) is 0 Å². The first-order valence-corrected chi connectivity index (χ1v) is 6.21. The van der Waals surface area contributed by atoms with Crippen LogP contribution in [0, 0.1) is 5.82 Å². The fraction of sp³-hybridized carbons (Fsp3) is 0.214. The summed E-state index contributed by atoms with van der Waals surface area (Å²) in [6.45, 7) is 1.82. The number of carbonyl (C=O) groups is 1. The van der Waals surface area contributed by atoms with Gasteiger partial charge in [0.2, 0.25) is 0 Å². The van der Waals surface area contributed by atoms with Crippen LogP contribution in [0.15, 0.2) is 47.1 Å². The van der Waals surface area contributed by atoms with Gasteiger partial charge in [-0.1, -0.05) is 36.7 Å². The summed E-state index contributed by atoms with van der Waals surface area (Å²) in [4.78, 5) is 11.3. The van der Waals surface area contributed by atoms with E-state index >= 15 is 0 Å². The molecule has 1 aromatic rings. The zero-order valence-corrected chi connectivity index (χ0v) is 11.0. The molecule has 19 heavy (non-hydrogen) atoms. The van der Waals surface area contributed by atoms with Crippen LogP contribution < -0.4 is 10.4 Å². The van der Waals surface area contributed by atoms with E-state index < -0.39 is 11.5 Å². The Hall–Kier alpha value is -1.81. The number of rotatable bonds is 3. The van der Waals surface area contributed by atoms with Crippen molar-refractivity contribution in [3.8, 4) is 0 Å². The molecule has 0 radical (unpaired) electrons. The third-order valence-electron chi connectivity index (χ3n) is 3.28. The Labute approximate surface area is 115 Å². The molecule has 100 valence electrons. The molecule has 1 atom stereocenters. The average Bonchev–Trinajstić information content (AvgIpc) is 2.38. The average molecular weight is 281 g/mol. The second kappa shape index (κ2) is 5.05. The summed E-state index contributed by atoms with van der Waals surface area (Å²) >= 11 is 5.95. The maximum absolute atomic E-state index is 13.0. The monoisotopic (exact) mass is 280 g/mol. The van der Waals surface area contributed by atoms with Gasteiger partial charge in [-0.05, 0) is 30.2 Å². The van der Waals surface area contributed by atoms with Crippen molar-refractivity contribution >= 4 is 17.6 Å². The van der Waals surface area contributed by atoms with E-state index in [1.807, 2.05) is 6.92 Å². The van der Waals surface area contributed by atoms with Gasteiger partial charge in [0, 0.05) is 5.57 Å². The number of allylic oxidation sites excluding steroid dienone is 2. The predicted molar refractivity (Wildman–Crippen MR) is 68.5 cm³/mol. The van der Waals surface area contributed by atoms with Gasteiger partial charge in [0.15, 0.2) is 0 Å². The molecule has 2 rings (SSSR count). The van der Waals surface area contributed by atoms with Crippen LogP contribution >= 0.6 is 11.6 Å². The maximum Gasteiger partial charge on any atom is 0.123 e. The van der Waals surface area contributed by atoms with Crippen LogP contribution in [0.5, 0.6) is 0 Å². The molecule has 1 aromatic carbocycles. The van der Waals surface area contributed by atoms with Gasteiger partial charge in [0.1, 0.15) is 11.0 Å². The fourth-order valence-corrected chi connectivity index (χ4v) is 2.52. The molecule has 1 N–H and O–H groups in total. The zero-order chi connectivity index (χ0) is 14.0. The standard InChI is InChI=1S/C14H13ClFNO2/c1-2-14(9-3-5-10(16)6-4-9)11(13(18)19)7-8-12(15)17-14/h3-8,17H,2H2,1H3,(H,18,19)/p-1. The Bertz CT molecular complexity index is 565. The summed E-state index contributed by atoms with van der Waals surface area (Å²) in [6.07, 6.45) is 3.31. The van der Waals surface area contributed by atoms with Gasteiger partial charge >= 0.3 is 0 Å². The molecule has 0 fully saturated rings. The van der Waals surface area contributed by atoms with Gasteiger partial charge in [0.05, 0.1) is 11.5 Å². The normalized spacial score (nSPS) is 22.3. The molecular weight excluding hydrogens is 269 g/mol. The first kappa shape index (κ1) is 13.6. The number of carboxylic acids is 1. The van der Waals surface area contributed by atoms with E-state index in [4.69, 9.17) is 11.6 Å². The maximum atomic E-state index is 13.0. The van der Waals surface area contributed by atoms with Gasteiger partial charge in [-0.2, -0.15) is 0 Å². The molecule has 0 bridgehead atoms. The van der Waals surface area contributed by atoms with Gasteiger partial charge in [-0.25, -0.2) is 4.39 Å². The topological polar surface area (TPSA) is 52.2 Å². The molecule has 0 saturated heterocycles. The van der Waals surface area contributed by atoms with E-state index in [2.05, 4.69) is 5.32 Å². The summed E-state index contributed by atoms with van der Waals surface area (Å²) < 4.78 is 13.0. The molecule has 5 heteroatoms. The highest BCUT2D eigenvalue weighted by Gasteiger charge is 2.37. The minimum atomic E-state index is -1.28. The largest absolute Gasteiger partial charge is 0.545 e. The molecule has 0 amide bonds. The molecule has 3 nitrogen and oxygen atoms in total. The summed E-state index contributed by atoms with van der Waals surface area (Å²) in [5.74, 6) is -1.66.